The first-order valence-corrected chi connectivity index (χ1v) is 9.75. The smallest absolute Gasteiger partial charge is 0.133 e. The van der Waals surface area contributed by atoms with Crippen LogP contribution in [0.2, 0.25) is 0 Å². The average molecular weight is 402 g/mol. The summed E-state index contributed by atoms with van der Waals surface area (Å²) < 4.78 is 0. The number of aromatic nitrogens is 1. The Bertz CT molecular complexity index is 974. The fraction of sp³-hybridized carbons (Fsp3) is 0.200. The lowest BCUT2D eigenvalue weighted by Crippen LogP contribution is -2.05. The highest BCUT2D eigenvalue weighted by Gasteiger charge is 1.98. The van der Waals surface area contributed by atoms with Crippen molar-refractivity contribution < 1.29 is 10.2 Å². The Hall–Kier alpha value is -3.46. The van der Waals surface area contributed by atoms with Crippen LogP contribution in [-0.4, -0.2) is 41.1 Å². The zero-order valence-corrected chi connectivity index (χ0v) is 17.1. The number of nitrogens with two attached hydrogens (primary N) is 1. The van der Waals surface area contributed by atoms with Crippen molar-refractivity contribution in [2.24, 2.45) is 10.7 Å². The van der Waals surface area contributed by atoms with E-state index in [0.29, 0.717) is 18.7 Å². The molecule has 1 aromatic carbocycles. The summed E-state index contributed by atoms with van der Waals surface area (Å²) in [6, 6.07) is 11.0. The summed E-state index contributed by atoms with van der Waals surface area (Å²) in [6.07, 6.45) is 12.0. The molecule has 0 saturated carbocycles. The molecule has 1 aromatic heterocycles. The van der Waals surface area contributed by atoms with Crippen molar-refractivity contribution >= 4 is 6.21 Å². The number of hydrogen-bond donors (Lipinski definition) is 3. The van der Waals surface area contributed by atoms with Crippen molar-refractivity contribution in [2.45, 2.75) is 13.3 Å². The minimum atomic E-state index is 0.133. The Morgan fingerprint density at radius 2 is 1.93 bits per heavy atom. The molecule has 0 bridgehead atoms. The van der Waals surface area contributed by atoms with Gasteiger partial charge < -0.3 is 15.9 Å². The van der Waals surface area contributed by atoms with E-state index in [0.717, 1.165) is 23.2 Å². The molecule has 0 fully saturated rings. The van der Waals surface area contributed by atoms with Gasteiger partial charge in [0.1, 0.15) is 11.4 Å². The summed E-state index contributed by atoms with van der Waals surface area (Å²) in [6.45, 7) is 3.49. The molecule has 2 heterocycles. The lowest BCUT2D eigenvalue weighted by Gasteiger charge is -2.05. The molecule has 0 amide bonds. The van der Waals surface area contributed by atoms with Gasteiger partial charge >= 0.3 is 0 Å². The summed E-state index contributed by atoms with van der Waals surface area (Å²) in [7, 11) is 0. The molecular weight excluding hydrogens is 374 g/mol. The second-order valence-corrected chi connectivity index (χ2v) is 6.38. The Labute approximate surface area is 178 Å². The Kier molecular flexibility index (Phi) is 9.81. The second kappa shape index (κ2) is 12.9. The zero-order chi connectivity index (χ0) is 21.6. The van der Waals surface area contributed by atoms with E-state index in [2.05, 4.69) is 34.0 Å². The van der Waals surface area contributed by atoms with E-state index in [1.807, 2.05) is 49.6 Å². The van der Waals surface area contributed by atoms with Crippen LogP contribution in [0.25, 0.3) is 0 Å². The SMILES string of the molecule is C/C=C1\C=C/CN=C/C=C\1CN.OCCc1ccc(C#Cc2ccc(O)cn2)cc1. The minimum Gasteiger partial charge on any atom is -0.506 e. The first-order valence-electron chi connectivity index (χ1n) is 9.75. The average Bonchev–Trinajstić information content (AvgIpc) is 2.75. The molecule has 2 aromatic rings. The molecule has 5 nitrogen and oxygen atoms in total. The third-order valence-corrected chi connectivity index (χ3v) is 4.23. The molecule has 1 aliphatic rings. The van der Waals surface area contributed by atoms with Gasteiger partial charge in [0, 0.05) is 24.9 Å². The van der Waals surface area contributed by atoms with E-state index in [-0.39, 0.29) is 12.4 Å². The van der Waals surface area contributed by atoms with Gasteiger partial charge in [-0.3, -0.25) is 4.99 Å². The maximum Gasteiger partial charge on any atom is 0.133 e. The summed E-state index contributed by atoms with van der Waals surface area (Å²) in [5.41, 5.74) is 10.5. The van der Waals surface area contributed by atoms with E-state index in [1.54, 1.807) is 12.1 Å². The number of benzene rings is 1. The first kappa shape index (κ1) is 22.8. The van der Waals surface area contributed by atoms with Crippen LogP contribution in [0.15, 0.2) is 83.0 Å². The fourth-order valence-corrected chi connectivity index (χ4v) is 2.59. The van der Waals surface area contributed by atoms with Crippen LogP contribution in [0.5, 0.6) is 5.75 Å². The van der Waals surface area contributed by atoms with E-state index in [1.165, 1.54) is 11.8 Å². The van der Waals surface area contributed by atoms with Gasteiger partial charge in [0.2, 0.25) is 0 Å². The van der Waals surface area contributed by atoms with Crippen molar-refractivity contribution in [2.75, 3.05) is 19.7 Å². The summed E-state index contributed by atoms with van der Waals surface area (Å²) in [5, 5.41) is 17.9. The summed E-state index contributed by atoms with van der Waals surface area (Å²) >= 11 is 0. The predicted molar refractivity (Wildman–Crippen MR) is 123 cm³/mol. The van der Waals surface area contributed by atoms with E-state index >= 15 is 0 Å². The molecule has 0 aliphatic carbocycles. The van der Waals surface area contributed by atoms with Crippen LogP contribution in [-0.2, 0) is 6.42 Å². The number of aliphatic hydroxyl groups excluding tert-OH is 1. The number of rotatable bonds is 3. The summed E-state index contributed by atoms with van der Waals surface area (Å²) in [4.78, 5) is 8.11. The van der Waals surface area contributed by atoms with Crippen molar-refractivity contribution in [3.63, 3.8) is 0 Å². The maximum absolute atomic E-state index is 9.09. The number of aliphatic hydroxyl groups is 1. The molecule has 5 heteroatoms. The van der Waals surface area contributed by atoms with Gasteiger partial charge in [0.15, 0.2) is 0 Å². The van der Waals surface area contributed by atoms with Crippen molar-refractivity contribution in [1.29, 1.82) is 0 Å². The van der Waals surface area contributed by atoms with Crippen LogP contribution >= 0.6 is 0 Å². The molecule has 0 unspecified atom stereocenters. The van der Waals surface area contributed by atoms with Crippen molar-refractivity contribution in [1.82, 2.24) is 4.98 Å². The molecule has 0 radical (unpaired) electrons. The van der Waals surface area contributed by atoms with Crippen LogP contribution < -0.4 is 5.73 Å². The van der Waals surface area contributed by atoms with Gasteiger partial charge in [-0.15, -0.1) is 0 Å². The largest absolute Gasteiger partial charge is 0.506 e. The number of nitrogens with zero attached hydrogens (tertiary/aromatic N) is 2. The molecule has 0 atom stereocenters. The molecule has 30 heavy (non-hydrogen) atoms. The first-order chi connectivity index (χ1) is 14.7. The highest BCUT2D eigenvalue weighted by atomic mass is 16.3. The molecular formula is C25H27N3O2. The molecule has 4 N–H and O–H groups in total. The molecule has 0 spiro atoms. The second-order valence-electron chi connectivity index (χ2n) is 6.38. The van der Waals surface area contributed by atoms with Crippen LogP contribution in [0, 0.1) is 11.8 Å². The highest BCUT2D eigenvalue weighted by Crippen LogP contribution is 2.10. The molecule has 1 aliphatic heterocycles. The third-order valence-electron chi connectivity index (χ3n) is 4.23. The maximum atomic E-state index is 9.09. The van der Waals surface area contributed by atoms with Gasteiger partial charge in [0.25, 0.3) is 0 Å². The third kappa shape index (κ3) is 7.88. The van der Waals surface area contributed by atoms with Crippen LogP contribution in [0.1, 0.15) is 23.7 Å². The fourth-order valence-electron chi connectivity index (χ4n) is 2.59. The summed E-state index contributed by atoms with van der Waals surface area (Å²) in [5.74, 6) is 6.04. The van der Waals surface area contributed by atoms with E-state index in [9.17, 15) is 0 Å². The Balaban J connectivity index is 0.000000232. The van der Waals surface area contributed by atoms with E-state index in [4.69, 9.17) is 15.9 Å². The number of aromatic hydroxyl groups is 1. The quantitative estimate of drug-likeness (QED) is 0.689. The zero-order valence-electron chi connectivity index (χ0n) is 17.1. The van der Waals surface area contributed by atoms with Gasteiger partial charge in [-0.25, -0.2) is 4.98 Å². The standard InChI is InChI=1S/C15H13NO2.C10H14N2/c17-10-9-13-3-1-12(2-4-13)5-6-14-7-8-15(18)11-16-14;1-2-9-4-3-6-12-7-5-10(9)8-11/h1-4,7-8,11,17-18H,9-10H2;2-5,7H,6,8,11H2,1H3/b;4-3-,9-2+,10-5-,12-7?. The minimum absolute atomic E-state index is 0.133. The van der Waals surface area contributed by atoms with E-state index < -0.39 is 0 Å². The topological polar surface area (TPSA) is 91.7 Å². The number of hydrogen-bond acceptors (Lipinski definition) is 5. The number of allylic oxidation sites excluding steroid dienone is 3. The van der Waals surface area contributed by atoms with Gasteiger partial charge in [0.05, 0.1) is 12.7 Å². The Morgan fingerprint density at radius 3 is 2.57 bits per heavy atom. The monoisotopic (exact) mass is 401 g/mol. The highest BCUT2D eigenvalue weighted by molar-refractivity contribution is 5.74. The van der Waals surface area contributed by atoms with Crippen LogP contribution in [0.4, 0.5) is 0 Å². The van der Waals surface area contributed by atoms with Gasteiger partial charge in [-0.05, 0) is 66.3 Å². The normalized spacial score (nSPS) is 16.8. The molecule has 154 valence electrons. The number of pyridine rings is 1. The lowest BCUT2D eigenvalue weighted by atomic mass is 10.0. The molecule has 3 rings (SSSR count). The van der Waals surface area contributed by atoms with Crippen molar-refractivity contribution in [3.05, 3.63) is 94.9 Å². The van der Waals surface area contributed by atoms with Gasteiger partial charge in [-0.2, -0.15) is 0 Å². The Morgan fingerprint density at radius 1 is 1.13 bits per heavy atom. The van der Waals surface area contributed by atoms with Gasteiger partial charge in [-0.1, -0.05) is 36.3 Å². The van der Waals surface area contributed by atoms with Crippen molar-refractivity contribution in [3.8, 4) is 17.6 Å². The predicted octanol–water partition coefficient (Wildman–Crippen LogP) is 3.18. The lowest BCUT2D eigenvalue weighted by molar-refractivity contribution is 0.299. The molecule has 0 saturated heterocycles. The number of aliphatic imine (C=N–C) groups is 1. The van der Waals surface area contributed by atoms with Crippen LogP contribution in [0.3, 0.4) is 0 Å².